The van der Waals surface area contributed by atoms with Crippen LogP contribution in [0.1, 0.15) is 123 Å². The molecule has 0 aromatic heterocycles. The summed E-state index contributed by atoms with van der Waals surface area (Å²) in [5.41, 5.74) is 0. The Kier molecular flexibility index (Phi) is 32.3. The number of aliphatic hydroxyl groups is 1. The molecule has 0 rings (SSSR count). The lowest BCUT2D eigenvalue weighted by Crippen LogP contribution is -2.37. The van der Waals surface area contributed by atoms with Gasteiger partial charge in [0.2, 0.25) is 0 Å². The zero-order valence-electron chi connectivity index (χ0n) is 33.5. The van der Waals surface area contributed by atoms with Gasteiger partial charge in [-0.05, 0) is 64.2 Å². The molecule has 53 heavy (non-hydrogen) atoms. The van der Waals surface area contributed by atoms with Crippen LogP contribution in [0.25, 0.3) is 0 Å². The standard InChI is InChI=1S/C42H72NO9P/c1-6-8-9-10-11-12-17-22-25-28-31-34-42(46)52-40(38-51-53(47,48)50-36-35-43(3,4)5)37-49-41(45)33-30-27-24-21-19-16-14-13-15-18-20-23-26-29-32-39(44)7-2/h10-11,14-16,18,21,23-24,26,29,32,39-40,44H,6-9,12-13,17,19-20,22,25,27-28,30-31,33-38H2,1-5H3/b11-10-,16-14-,18-15-,24-21-,26-23-,32-29+/t39-,40+/m0/s1. The molecule has 11 heteroatoms. The monoisotopic (exact) mass is 765 g/mol. The largest absolute Gasteiger partial charge is 0.756 e. The molecule has 0 saturated heterocycles. The summed E-state index contributed by atoms with van der Waals surface area (Å²) in [5, 5.41) is 9.46. The van der Waals surface area contributed by atoms with E-state index in [2.05, 4.69) is 49.5 Å². The summed E-state index contributed by atoms with van der Waals surface area (Å²) >= 11 is 0. The van der Waals surface area contributed by atoms with Gasteiger partial charge in [0.1, 0.15) is 19.8 Å². The van der Waals surface area contributed by atoms with E-state index in [1.54, 1.807) is 6.08 Å². The molecule has 0 aliphatic rings. The highest BCUT2D eigenvalue weighted by atomic mass is 31.2. The first-order valence-electron chi connectivity index (χ1n) is 19.8. The SMILES string of the molecule is CCCC/C=C\CCCCCCCC(=O)O[C@H](COC(=O)CCC/C=C\C/C=C\C/C=C\C/C=C\C=C\[C@@H](O)CC)COP(=O)([O-])OCC[N+](C)(C)C. The van der Waals surface area contributed by atoms with Crippen LogP contribution in [0, 0.1) is 0 Å². The van der Waals surface area contributed by atoms with Gasteiger partial charge in [0.15, 0.2) is 6.10 Å². The molecule has 0 bridgehead atoms. The van der Waals surface area contributed by atoms with Gasteiger partial charge in [-0.25, -0.2) is 0 Å². The van der Waals surface area contributed by atoms with Crippen molar-refractivity contribution in [3.63, 3.8) is 0 Å². The Bertz CT molecular complexity index is 1150. The lowest BCUT2D eigenvalue weighted by Gasteiger charge is -2.28. The summed E-state index contributed by atoms with van der Waals surface area (Å²) in [4.78, 5) is 37.3. The average molecular weight is 766 g/mol. The minimum atomic E-state index is -4.64. The minimum Gasteiger partial charge on any atom is -0.756 e. The predicted octanol–water partition coefficient (Wildman–Crippen LogP) is 9.02. The zero-order chi connectivity index (χ0) is 39.5. The highest BCUT2D eigenvalue weighted by Gasteiger charge is 2.21. The maximum Gasteiger partial charge on any atom is 0.306 e. The van der Waals surface area contributed by atoms with E-state index in [4.69, 9.17) is 18.5 Å². The smallest absolute Gasteiger partial charge is 0.306 e. The molecule has 0 aliphatic carbocycles. The van der Waals surface area contributed by atoms with E-state index in [0.717, 1.165) is 57.8 Å². The Labute approximate surface area is 321 Å². The number of hydrogen-bond acceptors (Lipinski definition) is 9. The second-order valence-corrected chi connectivity index (χ2v) is 15.5. The van der Waals surface area contributed by atoms with Crippen LogP contribution in [0.15, 0.2) is 72.9 Å². The number of hydrogen-bond donors (Lipinski definition) is 1. The van der Waals surface area contributed by atoms with Gasteiger partial charge >= 0.3 is 11.9 Å². The number of carbonyl (C=O) groups excluding carboxylic acids is 2. The van der Waals surface area contributed by atoms with Crippen molar-refractivity contribution in [3.05, 3.63) is 72.9 Å². The number of esters is 2. The molecule has 0 aliphatic heterocycles. The summed E-state index contributed by atoms with van der Waals surface area (Å²) in [6.45, 7) is 3.73. The molecule has 0 aromatic rings. The molecule has 0 radical (unpaired) electrons. The molecule has 0 saturated carbocycles. The second kappa shape index (κ2) is 33.9. The van der Waals surface area contributed by atoms with Gasteiger partial charge in [0.05, 0.1) is 33.9 Å². The van der Waals surface area contributed by atoms with E-state index >= 15 is 0 Å². The summed E-state index contributed by atoms with van der Waals surface area (Å²) in [6, 6.07) is 0. The van der Waals surface area contributed by atoms with E-state index < -0.39 is 32.5 Å². The van der Waals surface area contributed by atoms with E-state index in [-0.39, 0.29) is 32.2 Å². The van der Waals surface area contributed by atoms with Crippen molar-refractivity contribution in [2.45, 2.75) is 135 Å². The van der Waals surface area contributed by atoms with Crippen LogP contribution < -0.4 is 4.89 Å². The molecule has 1 unspecified atom stereocenters. The number of unbranched alkanes of at least 4 members (excludes halogenated alkanes) is 8. The summed E-state index contributed by atoms with van der Waals surface area (Å²) < 4.78 is 33.6. The lowest BCUT2D eigenvalue weighted by molar-refractivity contribution is -0.870. The normalized spacial score (nSPS) is 15.1. The van der Waals surface area contributed by atoms with Crippen molar-refractivity contribution in [1.82, 2.24) is 0 Å². The second-order valence-electron chi connectivity index (χ2n) is 14.1. The van der Waals surface area contributed by atoms with Crippen LogP contribution >= 0.6 is 7.82 Å². The van der Waals surface area contributed by atoms with Crippen molar-refractivity contribution in [2.24, 2.45) is 0 Å². The Morgan fingerprint density at radius 2 is 1.26 bits per heavy atom. The Balaban J connectivity index is 4.54. The third-order valence-corrected chi connectivity index (χ3v) is 8.83. The Hall–Kier alpha value is -2.59. The minimum absolute atomic E-state index is 0.0509. The summed E-state index contributed by atoms with van der Waals surface area (Å²) in [6.07, 6.45) is 37.5. The number of carbonyl (C=O) groups is 2. The van der Waals surface area contributed by atoms with Gasteiger partial charge in [0, 0.05) is 12.8 Å². The van der Waals surface area contributed by atoms with Gasteiger partial charge in [-0.3, -0.25) is 14.2 Å². The average Bonchev–Trinajstić information content (AvgIpc) is 3.10. The fraction of sp³-hybridized carbons (Fsp3) is 0.667. The molecular formula is C42H72NO9P. The Morgan fingerprint density at radius 3 is 1.92 bits per heavy atom. The first-order valence-corrected chi connectivity index (χ1v) is 21.2. The van der Waals surface area contributed by atoms with Crippen molar-refractivity contribution in [2.75, 3.05) is 47.5 Å². The summed E-state index contributed by atoms with van der Waals surface area (Å²) in [5.74, 6) is -0.944. The first-order chi connectivity index (χ1) is 25.4. The van der Waals surface area contributed by atoms with E-state index in [0.29, 0.717) is 36.7 Å². The van der Waals surface area contributed by atoms with Crippen LogP contribution in [0.5, 0.6) is 0 Å². The third-order valence-electron chi connectivity index (χ3n) is 7.87. The molecule has 0 aromatic carbocycles. The number of rotatable bonds is 34. The van der Waals surface area contributed by atoms with Crippen molar-refractivity contribution in [1.29, 1.82) is 0 Å². The van der Waals surface area contributed by atoms with Crippen molar-refractivity contribution >= 4 is 19.8 Å². The van der Waals surface area contributed by atoms with Crippen LogP contribution in [0.2, 0.25) is 0 Å². The van der Waals surface area contributed by atoms with E-state index in [1.807, 2.05) is 52.4 Å². The molecule has 10 nitrogen and oxygen atoms in total. The highest BCUT2D eigenvalue weighted by Crippen LogP contribution is 2.38. The van der Waals surface area contributed by atoms with Crippen molar-refractivity contribution < 1.29 is 47.2 Å². The van der Waals surface area contributed by atoms with Gasteiger partial charge in [-0.2, -0.15) is 0 Å². The molecule has 0 amide bonds. The maximum atomic E-state index is 12.6. The number of aliphatic hydroxyl groups excluding tert-OH is 1. The zero-order valence-corrected chi connectivity index (χ0v) is 34.4. The molecular weight excluding hydrogens is 693 g/mol. The molecule has 0 heterocycles. The van der Waals surface area contributed by atoms with Crippen LogP contribution in [0.4, 0.5) is 0 Å². The third kappa shape index (κ3) is 37.5. The van der Waals surface area contributed by atoms with Gasteiger partial charge < -0.3 is 33.0 Å². The molecule has 0 fully saturated rings. The molecule has 304 valence electrons. The topological polar surface area (TPSA) is 131 Å². The number of phosphoric acid groups is 1. The van der Waals surface area contributed by atoms with E-state index in [9.17, 15) is 24.2 Å². The first kappa shape index (κ1) is 50.4. The fourth-order valence-electron chi connectivity index (χ4n) is 4.56. The number of ether oxygens (including phenoxy) is 2. The summed E-state index contributed by atoms with van der Waals surface area (Å²) in [7, 11) is 1.09. The number of phosphoric ester groups is 1. The number of nitrogens with zero attached hydrogens (tertiary/aromatic N) is 1. The lowest BCUT2D eigenvalue weighted by atomic mass is 10.1. The fourth-order valence-corrected chi connectivity index (χ4v) is 5.29. The maximum absolute atomic E-state index is 12.6. The molecule has 0 spiro atoms. The van der Waals surface area contributed by atoms with Gasteiger partial charge in [-0.15, -0.1) is 0 Å². The van der Waals surface area contributed by atoms with Gasteiger partial charge in [0.25, 0.3) is 7.82 Å². The quantitative estimate of drug-likeness (QED) is 0.0170. The number of quaternary nitrogens is 1. The van der Waals surface area contributed by atoms with Crippen LogP contribution in [-0.4, -0.2) is 81.2 Å². The number of likely N-dealkylation sites (N-methyl/N-ethyl adjacent to an activating group) is 1. The predicted molar refractivity (Wildman–Crippen MR) is 214 cm³/mol. The molecule has 3 atom stereocenters. The molecule has 1 N–H and O–H groups in total. The van der Waals surface area contributed by atoms with Crippen molar-refractivity contribution in [3.8, 4) is 0 Å². The van der Waals surface area contributed by atoms with Crippen LogP contribution in [-0.2, 0) is 32.7 Å². The van der Waals surface area contributed by atoms with Gasteiger partial charge in [-0.1, -0.05) is 119 Å². The van der Waals surface area contributed by atoms with Crippen LogP contribution in [0.3, 0.4) is 0 Å². The highest BCUT2D eigenvalue weighted by molar-refractivity contribution is 7.45. The van der Waals surface area contributed by atoms with E-state index in [1.165, 1.54) is 12.8 Å². The number of allylic oxidation sites excluding steroid dienone is 11. The Morgan fingerprint density at radius 1 is 0.698 bits per heavy atom.